The first-order valence-corrected chi connectivity index (χ1v) is 11.2. The Kier molecular flexibility index (Phi) is 7.71. The van der Waals surface area contributed by atoms with Gasteiger partial charge in [0.2, 0.25) is 0 Å². The maximum absolute atomic E-state index is 13.3. The molecule has 2 aromatic carbocycles. The van der Waals surface area contributed by atoms with E-state index in [4.69, 9.17) is 9.47 Å². The number of ether oxygens (including phenoxy) is 2. The second-order valence-corrected chi connectivity index (χ2v) is 7.92. The summed E-state index contributed by atoms with van der Waals surface area (Å²) in [6.45, 7) is -0.422. The van der Waals surface area contributed by atoms with E-state index in [1.807, 2.05) is 30.3 Å². The first kappa shape index (κ1) is 24.6. The fourth-order valence-electron chi connectivity index (χ4n) is 3.69. The third-order valence-electron chi connectivity index (χ3n) is 5.41. The second kappa shape index (κ2) is 11.3. The summed E-state index contributed by atoms with van der Waals surface area (Å²) in [6.07, 6.45) is 1.46. The SMILES string of the molecule is COCCn1cnc2c1c(=O)n(CC(=O)OCC(=O)Nc1ccccc1)c(=O)n2Cc1ccccc1. The van der Waals surface area contributed by atoms with Gasteiger partial charge in [-0.05, 0) is 17.7 Å². The van der Waals surface area contributed by atoms with E-state index in [0.717, 1.165) is 10.1 Å². The molecule has 0 aliphatic rings. The van der Waals surface area contributed by atoms with Crippen molar-refractivity contribution in [2.75, 3.05) is 25.6 Å². The average Bonchev–Trinajstić information content (AvgIpc) is 3.32. The number of methoxy groups -OCH3 is 1. The van der Waals surface area contributed by atoms with Crippen LogP contribution in [0.15, 0.2) is 76.6 Å². The normalized spacial score (nSPS) is 10.9. The Labute approximate surface area is 205 Å². The monoisotopic (exact) mass is 491 g/mol. The molecule has 11 nitrogen and oxygen atoms in total. The van der Waals surface area contributed by atoms with Crippen molar-refractivity contribution in [2.45, 2.75) is 19.6 Å². The Morgan fingerprint density at radius 2 is 1.67 bits per heavy atom. The van der Waals surface area contributed by atoms with Crippen molar-refractivity contribution in [3.63, 3.8) is 0 Å². The van der Waals surface area contributed by atoms with Crippen molar-refractivity contribution in [3.8, 4) is 0 Å². The van der Waals surface area contributed by atoms with Crippen molar-refractivity contribution in [2.24, 2.45) is 0 Å². The summed E-state index contributed by atoms with van der Waals surface area (Å²) in [7, 11) is 1.53. The van der Waals surface area contributed by atoms with Gasteiger partial charge in [0.25, 0.3) is 11.5 Å². The minimum Gasteiger partial charge on any atom is -0.454 e. The lowest BCUT2D eigenvalue weighted by molar-refractivity contribution is -0.148. The Morgan fingerprint density at radius 3 is 2.36 bits per heavy atom. The predicted octanol–water partition coefficient (Wildman–Crippen LogP) is 1.24. The molecule has 0 atom stereocenters. The van der Waals surface area contributed by atoms with Crippen molar-refractivity contribution in [1.29, 1.82) is 0 Å². The van der Waals surface area contributed by atoms with Gasteiger partial charge in [0.15, 0.2) is 17.8 Å². The van der Waals surface area contributed by atoms with Crippen LogP contribution in [0.2, 0.25) is 0 Å². The van der Waals surface area contributed by atoms with Gasteiger partial charge in [-0.25, -0.2) is 14.3 Å². The van der Waals surface area contributed by atoms with E-state index in [-0.39, 0.29) is 17.7 Å². The maximum atomic E-state index is 13.3. The number of amides is 1. The number of para-hydroxylation sites is 1. The topological polar surface area (TPSA) is 126 Å². The maximum Gasteiger partial charge on any atom is 0.333 e. The third-order valence-corrected chi connectivity index (χ3v) is 5.41. The molecular weight excluding hydrogens is 466 g/mol. The highest BCUT2D eigenvalue weighted by Crippen LogP contribution is 2.10. The predicted molar refractivity (Wildman–Crippen MR) is 132 cm³/mol. The van der Waals surface area contributed by atoms with Gasteiger partial charge in [0, 0.05) is 19.3 Å². The fourth-order valence-corrected chi connectivity index (χ4v) is 3.69. The molecule has 0 unspecified atom stereocenters. The van der Waals surface area contributed by atoms with Crippen LogP contribution in [0.5, 0.6) is 0 Å². The number of carbonyl (C=O) groups excluding carboxylic acids is 2. The molecule has 1 N–H and O–H groups in total. The van der Waals surface area contributed by atoms with Gasteiger partial charge in [-0.15, -0.1) is 0 Å². The molecule has 0 fully saturated rings. The van der Waals surface area contributed by atoms with Crippen molar-refractivity contribution in [1.82, 2.24) is 18.7 Å². The zero-order valence-electron chi connectivity index (χ0n) is 19.6. The van der Waals surface area contributed by atoms with E-state index >= 15 is 0 Å². The number of imidazole rings is 1. The van der Waals surface area contributed by atoms with Crippen LogP contribution < -0.4 is 16.6 Å². The van der Waals surface area contributed by atoms with Crippen LogP contribution in [0.1, 0.15) is 5.56 Å². The lowest BCUT2D eigenvalue weighted by Gasteiger charge is -2.13. The molecule has 2 aromatic heterocycles. The molecule has 0 aliphatic heterocycles. The average molecular weight is 492 g/mol. The summed E-state index contributed by atoms with van der Waals surface area (Å²) in [5.74, 6) is -1.44. The van der Waals surface area contributed by atoms with Gasteiger partial charge in [-0.2, -0.15) is 0 Å². The van der Waals surface area contributed by atoms with Crippen molar-refractivity contribution >= 4 is 28.7 Å². The summed E-state index contributed by atoms with van der Waals surface area (Å²) in [5.41, 5.74) is 0.345. The van der Waals surface area contributed by atoms with Crippen LogP contribution in [0.3, 0.4) is 0 Å². The summed E-state index contributed by atoms with van der Waals surface area (Å²) in [4.78, 5) is 55.5. The Bertz CT molecular complexity index is 1470. The molecule has 11 heteroatoms. The van der Waals surface area contributed by atoms with Crippen LogP contribution in [0.4, 0.5) is 5.69 Å². The lowest BCUT2D eigenvalue weighted by atomic mass is 10.2. The molecular formula is C25H25N5O6. The van der Waals surface area contributed by atoms with Gasteiger partial charge >= 0.3 is 11.7 Å². The molecule has 0 saturated heterocycles. The Morgan fingerprint density at radius 1 is 0.972 bits per heavy atom. The summed E-state index contributed by atoms with van der Waals surface area (Å²) >= 11 is 0. The molecule has 0 bridgehead atoms. The van der Waals surface area contributed by atoms with Crippen LogP contribution in [0.25, 0.3) is 11.2 Å². The molecule has 0 spiro atoms. The first-order valence-electron chi connectivity index (χ1n) is 11.2. The van der Waals surface area contributed by atoms with E-state index < -0.39 is 36.3 Å². The molecule has 0 radical (unpaired) electrons. The van der Waals surface area contributed by atoms with Crippen LogP contribution >= 0.6 is 0 Å². The van der Waals surface area contributed by atoms with Crippen LogP contribution in [0, 0.1) is 0 Å². The number of carbonyl (C=O) groups is 2. The molecule has 4 aromatic rings. The van der Waals surface area contributed by atoms with Crippen LogP contribution in [-0.4, -0.2) is 50.9 Å². The third kappa shape index (κ3) is 5.58. The number of hydrogen-bond acceptors (Lipinski definition) is 7. The van der Waals surface area contributed by atoms with Gasteiger partial charge in [-0.3, -0.25) is 19.0 Å². The van der Waals surface area contributed by atoms with E-state index in [9.17, 15) is 19.2 Å². The molecule has 0 saturated carbocycles. The lowest BCUT2D eigenvalue weighted by Crippen LogP contribution is -2.43. The largest absolute Gasteiger partial charge is 0.454 e. The minimum absolute atomic E-state index is 0.145. The highest BCUT2D eigenvalue weighted by molar-refractivity contribution is 5.92. The Hall–Kier alpha value is -4.51. The van der Waals surface area contributed by atoms with E-state index in [1.54, 1.807) is 34.9 Å². The number of rotatable bonds is 10. The number of aromatic nitrogens is 4. The fraction of sp³-hybridized carbons (Fsp3) is 0.240. The Balaban J connectivity index is 1.61. The minimum atomic E-state index is -0.897. The molecule has 4 rings (SSSR count). The van der Waals surface area contributed by atoms with Gasteiger partial charge < -0.3 is 19.4 Å². The number of nitrogens with zero attached hydrogens (tertiary/aromatic N) is 4. The quantitative estimate of drug-likeness (QED) is 0.331. The number of benzene rings is 2. The zero-order valence-corrected chi connectivity index (χ0v) is 19.6. The first-order chi connectivity index (χ1) is 17.5. The van der Waals surface area contributed by atoms with Crippen molar-refractivity contribution in [3.05, 3.63) is 93.4 Å². The van der Waals surface area contributed by atoms with E-state index in [1.165, 1.54) is 18.0 Å². The van der Waals surface area contributed by atoms with Crippen LogP contribution in [-0.2, 0) is 38.7 Å². The zero-order chi connectivity index (χ0) is 25.5. The highest BCUT2D eigenvalue weighted by atomic mass is 16.5. The van der Waals surface area contributed by atoms with Gasteiger partial charge in [0.05, 0.1) is 19.5 Å². The second-order valence-electron chi connectivity index (χ2n) is 7.92. The number of esters is 1. The van der Waals surface area contributed by atoms with Gasteiger partial charge in [-0.1, -0.05) is 48.5 Å². The summed E-state index contributed by atoms with van der Waals surface area (Å²) in [6, 6.07) is 17.9. The molecule has 1 amide bonds. The van der Waals surface area contributed by atoms with Gasteiger partial charge in [0.1, 0.15) is 6.54 Å². The highest BCUT2D eigenvalue weighted by Gasteiger charge is 2.21. The number of anilines is 1. The number of hydrogen-bond donors (Lipinski definition) is 1. The summed E-state index contributed by atoms with van der Waals surface area (Å²) in [5, 5.41) is 2.59. The number of fused-ring (bicyclic) bond motifs is 1. The smallest absolute Gasteiger partial charge is 0.333 e. The molecule has 0 aliphatic carbocycles. The molecule has 186 valence electrons. The van der Waals surface area contributed by atoms with E-state index in [0.29, 0.717) is 18.8 Å². The molecule has 2 heterocycles. The molecule has 36 heavy (non-hydrogen) atoms. The van der Waals surface area contributed by atoms with Crippen molar-refractivity contribution < 1.29 is 19.1 Å². The standard InChI is InChI=1S/C25H25N5O6/c1-35-13-12-28-17-26-23-22(28)24(33)30(25(34)29(23)14-18-8-4-2-5-9-18)15-21(32)36-16-20(31)27-19-10-6-3-7-11-19/h2-11,17H,12-16H2,1H3,(H,27,31). The van der Waals surface area contributed by atoms with E-state index in [2.05, 4.69) is 10.3 Å². The summed E-state index contributed by atoms with van der Waals surface area (Å²) < 4.78 is 13.9. The number of nitrogens with one attached hydrogen (secondary N) is 1.